The van der Waals surface area contributed by atoms with Crippen LogP contribution in [-0.4, -0.2) is 59.7 Å². The van der Waals surface area contributed by atoms with Crippen molar-refractivity contribution in [2.45, 2.75) is 51.1 Å². The van der Waals surface area contributed by atoms with Gasteiger partial charge in [0, 0.05) is 37.5 Å². The maximum Gasteiger partial charge on any atom is 0.430 e. The second-order valence-corrected chi connectivity index (χ2v) is 6.70. The van der Waals surface area contributed by atoms with Crippen LogP contribution in [0.4, 0.5) is 36.8 Å². The summed E-state index contributed by atoms with van der Waals surface area (Å²) in [4.78, 5) is 15.6. The van der Waals surface area contributed by atoms with Gasteiger partial charge in [-0.15, -0.1) is 0 Å². The van der Waals surface area contributed by atoms with Gasteiger partial charge in [-0.2, -0.15) is 26.3 Å². The second kappa shape index (κ2) is 10.3. The molecule has 0 aromatic heterocycles. The summed E-state index contributed by atoms with van der Waals surface area (Å²) >= 11 is 0. The minimum atomic E-state index is -5.97. The van der Waals surface area contributed by atoms with E-state index in [4.69, 9.17) is 5.11 Å². The number of rotatable bonds is 9. The lowest BCUT2D eigenvalue weighted by atomic mass is 9.92. The highest BCUT2D eigenvalue weighted by atomic mass is 19.4. The normalized spacial score (nSPS) is 12.7. The number of hydrogen-bond acceptors (Lipinski definition) is 3. The van der Waals surface area contributed by atoms with E-state index in [0.29, 0.717) is 44.5 Å². The van der Waals surface area contributed by atoms with Gasteiger partial charge in [-0.1, -0.05) is 19.1 Å². The number of anilines is 1. The van der Waals surface area contributed by atoms with Crippen LogP contribution in [0.3, 0.4) is 0 Å². The molecule has 5 nitrogen and oxygen atoms in total. The van der Waals surface area contributed by atoms with Crippen LogP contribution >= 0.6 is 0 Å². The van der Waals surface area contributed by atoms with Crippen LogP contribution in [-0.2, 0) is 5.60 Å². The molecule has 0 fully saturated rings. The van der Waals surface area contributed by atoms with Gasteiger partial charge in [-0.05, 0) is 38.3 Å². The Labute approximate surface area is 170 Å². The van der Waals surface area contributed by atoms with Crippen molar-refractivity contribution in [1.82, 2.24) is 4.90 Å². The molecule has 0 aliphatic carbocycles. The van der Waals surface area contributed by atoms with Crippen molar-refractivity contribution in [3.63, 3.8) is 0 Å². The number of alkyl halides is 6. The van der Waals surface area contributed by atoms with Gasteiger partial charge >= 0.3 is 18.4 Å². The summed E-state index contributed by atoms with van der Waals surface area (Å²) in [6.45, 7) is 4.34. The predicted octanol–water partition coefficient (Wildman–Crippen LogP) is 4.43. The van der Waals surface area contributed by atoms with Gasteiger partial charge in [0.2, 0.25) is 0 Å². The largest absolute Gasteiger partial charge is 0.430 e. The monoisotopic (exact) mass is 444 g/mol. The number of urea groups is 1. The van der Waals surface area contributed by atoms with E-state index in [0.717, 1.165) is 12.1 Å². The molecule has 0 aliphatic rings. The molecule has 0 saturated heterocycles. The molecule has 0 aliphatic heterocycles. The van der Waals surface area contributed by atoms with Gasteiger partial charge in [0.1, 0.15) is 0 Å². The third-order valence-corrected chi connectivity index (χ3v) is 4.58. The molecule has 172 valence electrons. The zero-order valence-corrected chi connectivity index (χ0v) is 16.7. The number of nitrogens with zero attached hydrogens (tertiary/aromatic N) is 2. The highest BCUT2D eigenvalue weighted by molar-refractivity contribution is 5.92. The predicted molar refractivity (Wildman–Crippen MR) is 99.0 cm³/mol. The van der Waals surface area contributed by atoms with Gasteiger partial charge in [0.05, 0.1) is 0 Å². The summed E-state index contributed by atoms with van der Waals surface area (Å²) < 4.78 is 78.2. The quantitative estimate of drug-likeness (QED) is 0.438. The molecule has 11 heteroatoms. The lowest BCUT2D eigenvalue weighted by molar-refractivity contribution is -0.376. The Kier molecular flexibility index (Phi) is 8.97. The van der Waals surface area contributed by atoms with Crippen LogP contribution in [0.2, 0.25) is 0 Å². The van der Waals surface area contributed by atoms with Crippen molar-refractivity contribution in [1.29, 1.82) is 0 Å². The van der Waals surface area contributed by atoms with Crippen LogP contribution in [0.5, 0.6) is 0 Å². The summed E-state index contributed by atoms with van der Waals surface area (Å²) in [5.74, 6) is 0. The van der Waals surface area contributed by atoms with Crippen molar-refractivity contribution in [2.24, 2.45) is 0 Å². The molecule has 0 radical (unpaired) electrons. The first-order chi connectivity index (χ1) is 13.8. The van der Waals surface area contributed by atoms with E-state index in [-0.39, 0.29) is 18.8 Å². The summed E-state index contributed by atoms with van der Waals surface area (Å²) in [6.07, 6.45) is -10.4. The molecule has 0 bridgehead atoms. The van der Waals surface area contributed by atoms with Crippen LogP contribution < -0.4 is 4.90 Å². The number of carbonyl (C=O) groups is 1. The maximum atomic E-state index is 13.0. The number of unbranched alkanes of at least 4 members (excludes halogenated alkanes) is 1. The van der Waals surface area contributed by atoms with Gasteiger partial charge in [0.15, 0.2) is 0 Å². The molecule has 0 saturated carbocycles. The molecule has 2 N–H and O–H groups in total. The van der Waals surface area contributed by atoms with Crippen LogP contribution in [0.15, 0.2) is 24.3 Å². The van der Waals surface area contributed by atoms with E-state index in [2.05, 4.69) is 0 Å². The van der Waals surface area contributed by atoms with Crippen molar-refractivity contribution in [3.8, 4) is 0 Å². The number of aliphatic hydroxyl groups is 2. The zero-order chi connectivity index (χ0) is 23.2. The number of carbonyl (C=O) groups excluding carboxylic acids is 1. The first kappa shape index (κ1) is 26.0. The zero-order valence-electron chi connectivity index (χ0n) is 16.7. The Morgan fingerprint density at radius 1 is 0.933 bits per heavy atom. The molecule has 1 rings (SSSR count). The van der Waals surface area contributed by atoms with Crippen molar-refractivity contribution in [3.05, 3.63) is 29.8 Å². The third-order valence-electron chi connectivity index (χ3n) is 4.58. The fourth-order valence-corrected chi connectivity index (χ4v) is 2.90. The topological polar surface area (TPSA) is 64.0 Å². The fraction of sp³-hybridized carbons (Fsp3) is 0.632. The highest BCUT2D eigenvalue weighted by Gasteiger charge is 2.71. The SMILES string of the molecule is CCCN(C(=O)N(CC)CCCCO)c1ccc(C(O)(C(F)(F)F)C(F)(F)F)cc1. The summed E-state index contributed by atoms with van der Waals surface area (Å²) in [7, 11) is 0. The van der Waals surface area contributed by atoms with Crippen LogP contribution in [0, 0.1) is 0 Å². The fourth-order valence-electron chi connectivity index (χ4n) is 2.90. The minimum Gasteiger partial charge on any atom is -0.396 e. The van der Waals surface area contributed by atoms with Crippen molar-refractivity contribution in [2.75, 3.05) is 31.1 Å². The number of hydrogen-bond donors (Lipinski definition) is 2. The van der Waals surface area contributed by atoms with E-state index >= 15 is 0 Å². The first-order valence-corrected chi connectivity index (χ1v) is 9.48. The molecule has 2 amide bonds. The van der Waals surface area contributed by atoms with E-state index in [1.54, 1.807) is 13.8 Å². The Hall–Kier alpha value is -2.01. The molecule has 0 unspecified atom stereocenters. The first-order valence-electron chi connectivity index (χ1n) is 9.48. The summed E-state index contributed by atoms with van der Waals surface area (Å²) in [5.41, 5.74) is -6.29. The van der Waals surface area contributed by atoms with E-state index in [1.165, 1.54) is 9.80 Å². The molecule has 0 spiro atoms. The van der Waals surface area contributed by atoms with E-state index in [1.807, 2.05) is 0 Å². The third kappa shape index (κ3) is 5.57. The van der Waals surface area contributed by atoms with Gasteiger partial charge in [-0.25, -0.2) is 4.79 Å². The van der Waals surface area contributed by atoms with Crippen molar-refractivity contribution < 1.29 is 41.4 Å². The lowest BCUT2D eigenvalue weighted by Gasteiger charge is -2.33. The summed E-state index contributed by atoms with van der Waals surface area (Å²) in [6, 6.07) is 2.49. The Bertz CT molecular complexity index is 662. The lowest BCUT2D eigenvalue weighted by Crippen LogP contribution is -2.53. The Balaban J connectivity index is 3.24. The standard InChI is InChI=1S/C19H26F6N2O3/c1-3-11-27(16(29)26(4-2)12-5-6-13-28)15-9-7-14(8-10-15)17(30,18(20,21)22)19(23,24)25/h7-10,28,30H,3-6,11-13H2,1-2H3. The highest BCUT2D eigenvalue weighted by Crippen LogP contribution is 2.50. The molecule has 0 heterocycles. The average Bonchev–Trinajstić information content (AvgIpc) is 2.67. The molecule has 1 aromatic carbocycles. The van der Waals surface area contributed by atoms with E-state index < -0.39 is 29.5 Å². The molecular formula is C19H26F6N2O3. The maximum absolute atomic E-state index is 13.0. The Morgan fingerprint density at radius 2 is 1.47 bits per heavy atom. The van der Waals surface area contributed by atoms with Gasteiger partial charge in [0.25, 0.3) is 5.60 Å². The van der Waals surface area contributed by atoms with Crippen LogP contribution in [0.1, 0.15) is 38.7 Å². The molecule has 30 heavy (non-hydrogen) atoms. The smallest absolute Gasteiger partial charge is 0.396 e. The van der Waals surface area contributed by atoms with Crippen molar-refractivity contribution >= 4 is 11.7 Å². The number of amides is 2. The van der Waals surface area contributed by atoms with E-state index in [9.17, 15) is 36.2 Å². The molecule has 0 atom stereocenters. The number of aliphatic hydroxyl groups excluding tert-OH is 1. The minimum absolute atomic E-state index is 0.0345. The van der Waals surface area contributed by atoms with Gasteiger partial charge < -0.3 is 15.1 Å². The van der Waals surface area contributed by atoms with Gasteiger partial charge in [-0.3, -0.25) is 4.90 Å². The molecule has 1 aromatic rings. The molecular weight excluding hydrogens is 418 g/mol. The van der Waals surface area contributed by atoms with Crippen LogP contribution in [0.25, 0.3) is 0 Å². The Morgan fingerprint density at radius 3 is 1.87 bits per heavy atom. The second-order valence-electron chi connectivity index (χ2n) is 6.70. The average molecular weight is 444 g/mol. The number of benzene rings is 1. The number of halogens is 6. The summed E-state index contributed by atoms with van der Waals surface area (Å²) in [5, 5.41) is 18.4.